The molecular weight excluding hydrogens is 238 g/mol. The molecule has 18 heavy (non-hydrogen) atoms. The van der Waals surface area contributed by atoms with Crippen molar-refractivity contribution >= 4 is 17.8 Å². The number of aromatic nitrogens is 1. The van der Waals surface area contributed by atoms with Gasteiger partial charge in [-0.15, -0.1) is 0 Å². The summed E-state index contributed by atoms with van der Waals surface area (Å²) in [6, 6.07) is 1.22. The third kappa shape index (κ3) is 4.08. The van der Waals surface area contributed by atoms with Crippen LogP contribution in [0.4, 0.5) is 4.79 Å². The minimum atomic E-state index is -1.53. The van der Waals surface area contributed by atoms with E-state index in [-0.39, 0.29) is 6.54 Å². The molecule has 1 aromatic rings. The Kier molecular flexibility index (Phi) is 4.61. The predicted molar refractivity (Wildman–Crippen MR) is 61.8 cm³/mol. The van der Waals surface area contributed by atoms with Crippen molar-refractivity contribution in [2.45, 2.75) is 12.6 Å². The Hall–Kier alpha value is -2.64. The van der Waals surface area contributed by atoms with E-state index in [1.165, 1.54) is 0 Å². The Morgan fingerprint density at radius 3 is 2.44 bits per heavy atom. The molecule has 0 spiro atoms. The second kappa shape index (κ2) is 6.18. The number of amides is 4. The number of pyridine rings is 1. The fourth-order valence-electron chi connectivity index (χ4n) is 1.15. The highest BCUT2D eigenvalue weighted by atomic mass is 16.2. The molecule has 0 bridgehead atoms. The van der Waals surface area contributed by atoms with Crippen LogP contribution in [0.3, 0.4) is 0 Å². The van der Waals surface area contributed by atoms with Gasteiger partial charge in [0.2, 0.25) is 11.8 Å². The molecule has 6 N–H and O–H groups in total. The fraction of sp³-hybridized carbons (Fsp3) is 0.200. The van der Waals surface area contributed by atoms with E-state index in [9.17, 15) is 14.4 Å². The second-order valence-corrected chi connectivity index (χ2v) is 3.43. The van der Waals surface area contributed by atoms with Crippen molar-refractivity contribution in [3.05, 3.63) is 30.1 Å². The Balaban J connectivity index is 2.46. The van der Waals surface area contributed by atoms with Crippen LogP contribution in [-0.4, -0.2) is 28.9 Å². The first-order valence-corrected chi connectivity index (χ1v) is 5.02. The number of nitrogens with zero attached hydrogens (tertiary/aromatic N) is 1. The number of urea groups is 1. The minimum absolute atomic E-state index is 0.198. The van der Waals surface area contributed by atoms with Gasteiger partial charge in [-0.2, -0.15) is 0 Å². The maximum absolute atomic E-state index is 11.4. The van der Waals surface area contributed by atoms with Crippen LogP contribution < -0.4 is 22.1 Å². The molecule has 96 valence electrons. The summed E-state index contributed by atoms with van der Waals surface area (Å²) in [6.07, 6.45) is 3.17. The van der Waals surface area contributed by atoms with Crippen molar-refractivity contribution in [3.63, 3.8) is 0 Å². The van der Waals surface area contributed by atoms with Crippen LogP contribution in [0.1, 0.15) is 5.56 Å². The first-order chi connectivity index (χ1) is 8.50. The first-order valence-electron chi connectivity index (χ1n) is 5.02. The van der Waals surface area contributed by atoms with Gasteiger partial charge in [-0.3, -0.25) is 14.6 Å². The minimum Gasteiger partial charge on any atom is -0.367 e. The molecule has 8 heteroatoms. The topological polar surface area (TPSA) is 140 Å². The summed E-state index contributed by atoms with van der Waals surface area (Å²) < 4.78 is 0. The summed E-state index contributed by atoms with van der Waals surface area (Å²) in [4.78, 5) is 36.9. The van der Waals surface area contributed by atoms with Gasteiger partial charge in [-0.25, -0.2) is 4.79 Å². The van der Waals surface area contributed by atoms with E-state index in [1.807, 2.05) is 0 Å². The standard InChI is InChI=1S/C10H13N5O3/c11-8(16)7(9(12)17)15-10(18)14-5-6-2-1-3-13-4-6/h1-4,7H,5H2,(H2,11,16)(H2,12,17)(H2,14,15,18). The smallest absolute Gasteiger partial charge is 0.316 e. The molecule has 0 atom stereocenters. The van der Waals surface area contributed by atoms with Gasteiger partial charge in [0.15, 0.2) is 6.04 Å². The highest BCUT2D eigenvalue weighted by Crippen LogP contribution is 1.94. The van der Waals surface area contributed by atoms with Crippen molar-refractivity contribution in [2.24, 2.45) is 11.5 Å². The van der Waals surface area contributed by atoms with Crippen LogP contribution in [-0.2, 0) is 16.1 Å². The zero-order valence-electron chi connectivity index (χ0n) is 9.42. The van der Waals surface area contributed by atoms with Crippen molar-refractivity contribution < 1.29 is 14.4 Å². The van der Waals surface area contributed by atoms with Gasteiger partial charge in [-0.1, -0.05) is 6.07 Å². The van der Waals surface area contributed by atoms with Crippen molar-refractivity contribution in [2.75, 3.05) is 0 Å². The molecule has 0 aliphatic rings. The van der Waals surface area contributed by atoms with Gasteiger partial charge >= 0.3 is 6.03 Å². The van der Waals surface area contributed by atoms with Crippen LogP contribution in [0.5, 0.6) is 0 Å². The van der Waals surface area contributed by atoms with E-state index in [0.717, 1.165) is 5.56 Å². The fourth-order valence-corrected chi connectivity index (χ4v) is 1.15. The quantitative estimate of drug-likeness (QED) is 0.459. The Bertz CT molecular complexity index is 434. The van der Waals surface area contributed by atoms with Crippen molar-refractivity contribution in [1.29, 1.82) is 0 Å². The van der Waals surface area contributed by atoms with Gasteiger partial charge in [0, 0.05) is 18.9 Å². The van der Waals surface area contributed by atoms with E-state index < -0.39 is 23.9 Å². The molecule has 0 aliphatic heterocycles. The molecule has 0 unspecified atom stereocenters. The lowest BCUT2D eigenvalue weighted by atomic mass is 10.2. The van der Waals surface area contributed by atoms with Crippen LogP contribution in [0.25, 0.3) is 0 Å². The third-order valence-corrected chi connectivity index (χ3v) is 2.02. The molecule has 1 heterocycles. The summed E-state index contributed by atoms with van der Waals surface area (Å²) in [7, 11) is 0. The molecule has 1 aromatic heterocycles. The molecule has 0 saturated heterocycles. The second-order valence-electron chi connectivity index (χ2n) is 3.43. The Morgan fingerprint density at radius 2 is 1.94 bits per heavy atom. The van der Waals surface area contributed by atoms with E-state index >= 15 is 0 Å². The Morgan fingerprint density at radius 1 is 1.28 bits per heavy atom. The summed E-state index contributed by atoms with van der Waals surface area (Å²) in [5.41, 5.74) is 10.6. The number of carbonyl (C=O) groups is 3. The zero-order valence-corrected chi connectivity index (χ0v) is 9.42. The molecule has 0 saturated carbocycles. The molecule has 0 radical (unpaired) electrons. The maximum Gasteiger partial charge on any atom is 0.316 e. The first kappa shape index (κ1) is 13.4. The van der Waals surface area contributed by atoms with E-state index in [2.05, 4.69) is 15.6 Å². The van der Waals surface area contributed by atoms with Gasteiger partial charge in [0.1, 0.15) is 0 Å². The van der Waals surface area contributed by atoms with Crippen molar-refractivity contribution in [1.82, 2.24) is 15.6 Å². The average molecular weight is 251 g/mol. The SMILES string of the molecule is NC(=O)C(NC(=O)NCc1cccnc1)C(N)=O. The van der Waals surface area contributed by atoms with E-state index in [0.29, 0.717) is 0 Å². The third-order valence-electron chi connectivity index (χ3n) is 2.02. The van der Waals surface area contributed by atoms with Crippen LogP contribution in [0.2, 0.25) is 0 Å². The molecular formula is C10H13N5O3. The number of carbonyl (C=O) groups excluding carboxylic acids is 3. The summed E-state index contributed by atoms with van der Waals surface area (Å²) in [5.74, 6) is -2.03. The molecule has 0 fully saturated rings. The van der Waals surface area contributed by atoms with Crippen LogP contribution in [0, 0.1) is 0 Å². The highest BCUT2D eigenvalue weighted by Gasteiger charge is 2.23. The summed E-state index contributed by atoms with van der Waals surface area (Å²) in [6.45, 7) is 0.198. The summed E-state index contributed by atoms with van der Waals surface area (Å²) >= 11 is 0. The highest BCUT2D eigenvalue weighted by molar-refractivity contribution is 6.05. The van der Waals surface area contributed by atoms with E-state index in [1.54, 1.807) is 24.5 Å². The summed E-state index contributed by atoms with van der Waals surface area (Å²) in [5, 5.41) is 4.50. The lowest BCUT2D eigenvalue weighted by Crippen LogP contribution is -2.54. The number of primary amides is 2. The van der Waals surface area contributed by atoms with Gasteiger partial charge in [-0.05, 0) is 11.6 Å². The maximum atomic E-state index is 11.4. The van der Waals surface area contributed by atoms with E-state index in [4.69, 9.17) is 11.5 Å². The number of rotatable bonds is 5. The molecule has 4 amide bonds. The Labute approximate surface area is 103 Å². The molecule has 1 rings (SSSR count). The van der Waals surface area contributed by atoms with Gasteiger partial charge < -0.3 is 22.1 Å². The molecule has 8 nitrogen and oxygen atoms in total. The number of nitrogens with one attached hydrogen (secondary N) is 2. The van der Waals surface area contributed by atoms with Gasteiger partial charge in [0.25, 0.3) is 0 Å². The number of hydrogen-bond acceptors (Lipinski definition) is 4. The van der Waals surface area contributed by atoms with Gasteiger partial charge in [0.05, 0.1) is 0 Å². The monoisotopic (exact) mass is 251 g/mol. The lowest BCUT2D eigenvalue weighted by molar-refractivity contribution is -0.128. The average Bonchev–Trinajstić information content (AvgIpc) is 2.34. The lowest BCUT2D eigenvalue weighted by Gasteiger charge is -2.12. The molecule has 0 aromatic carbocycles. The zero-order chi connectivity index (χ0) is 13.5. The molecule has 0 aliphatic carbocycles. The van der Waals surface area contributed by atoms with Crippen molar-refractivity contribution in [3.8, 4) is 0 Å². The predicted octanol–water partition coefficient (Wildman–Crippen LogP) is -1.78. The number of nitrogens with two attached hydrogens (primary N) is 2. The van der Waals surface area contributed by atoms with Crippen LogP contribution >= 0.6 is 0 Å². The largest absolute Gasteiger partial charge is 0.367 e. The van der Waals surface area contributed by atoms with Crippen LogP contribution in [0.15, 0.2) is 24.5 Å². The normalized spacial score (nSPS) is 9.83. The number of hydrogen-bond donors (Lipinski definition) is 4.